The zero-order chi connectivity index (χ0) is 21.2. The Morgan fingerprint density at radius 2 is 1.47 bits per heavy atom. The molecule has 3 aromatic carbocycles. The molecule has 0 saturated heterocycles. The van der Waals surface area contributed by atoms with Crippen molar-refractivity contribution in [1.82, 2.24) is 0 Å². The predicted octanol–water partition coefficient (Wildman–Crippen LogP) is 3.83. The number of allylic oxidation sites excluding steroid dienone is 4. The number of benzene rings is 3. The van der Waals surface area contributed by atoms with Crippen LogP contribution in [0.3, 0.4) is 0 Å². The standard InChI is InChI=1S/C24H14O6/c25-13-3-5-15-11(9-13)1-7-17(27)19(15)21-23(29)22(24(21)30)20-16-6-4-14(26)10-12(16)2-8-18(20)28/h1-10,25-27,29H/p+1/b22-20-. The fraction of sp³-hybridized carbons (Fsp3) is 0. The van der Waals surface area contributed by atoms with Crippen LogP contribution in [0.15, 0.2) is 65.9 Å². The quantitative estimate of drug-likeness (QED) is 0.366. The normalized spacial score (nSPS) is 18.0. The summed E-state index contributed by atoms with van der Waals surface area (Å²) in [5.74, 6) is -1.12. The molecule has 2 aliphatic rings. The molecule has 0 fully saturated rings. The molecule has 2 aliphatic carbocycles. The summed E-state index contributed by atoms with van der Waals surface area (Å²) in [6.45, 7) is 0. The van der Waals surface area contributed by atoms with E-state index in [1.165, 1.54) is 36.4 Å². The van der Waals surface area contributed by atoms with Gasteiger partial charge in [-0.2, -0.15) is 0 Å². The summed E-state index contributed by atoms with van der Waals surface area (Å²) in [5.41, 5.74) is 1.38. The van der Waals surface area contributed by atoms with Crippen LogP contribution >= 0.6 is 0 Å². The van der Waals surface area contributed by atoms with Crippen molar-refractivity contribution in [2.45, 2.75) is 0 Å². The lowest BCUT2D eigenvalue weighted by Crippen LogP contribution is -2.25. The van der Waals surface area contributed by atoms with Crippen LogP contribution in [-0.2, 0) is 4.79 Å². The number of fused-ring (bicyclic) bond motifs is 2. The number of hydrogen-bond donors (Lipinski definition) is 4. The maximum Gasteiger partial charge on any atom is 0.363 e. The van der Waals surface area contributed by atoms with Crippen LogP contribution in [0, 0.1) is 0 Å². The lowest BCUT2D eigenvalue weighted by Gasteiger charge is -2.23. The lowest BCUT2D eigenvalue weighted by molar-refractivity contribution is -0.109. The Morgan fingerprint density at radius 3 is 2.23 bits per heavy atom. The number of aliphatic hydroxyl groups is 1. The second-order valence-electron chi connectivity index (χ2n) is 7.16. The summed E-state index contributed by atoms with van der Waals surface area (Å²) in [6, 6.07) is 12.0. The first-order chi connectivity index (χ1) is 14.4. The maximum absolute atomic E-state index is 12.6. The third kappa shape index (κ3) is 2.37. The molecular weight excluding hydrogens is 384 g/mol. The molecule has 0 atom stereocenters. The molecule has 0 heterocycles. The minimum Gasteiger partial charge on any atom is -0.508 e. The molecule has 146 valence electrons. The molecule has 0 aliphatic heterocycles. The van der Waals surface area contributed by atoms with Gasteiger partial charge in [-0.15, -0.1) is 0 Å². The zero-order valence-electron chi connectivity index (χ0n) is 15.4. The molecular formula is C24H15O6+. The van der Waals surface area contributed by atoms with E-state index in [0.717, 1.165) is 0 Å². The van der Waals surface area contributed by atoms with Crippen molar-refractivity contribution in [2.75, 3.05) is 0 Å². The Balaban J connectivity index is 1.77. The molecule has 0 aromatic heterocycles. The molecule has 3 aromatic rings. The van der Waals surface area contributed by atoms with Gasteiger partial charge in [0.1, 0.15) is 28.4 Å². The van der Waals surface area contributed by atoms with Crippen LogP contribution in [0.2, 0.25) is 0 Å². The number of aromatic hydroxyl groups is 3. The first-order valence-corrected chi connectivity index (χ1v) is 9.12. The molecule has 0 amide bonds. The van der Waals surface area contributed by atoms with Crippen LogP contribution in [0.1, 0.15) is 16.7 Å². The Morgan fingerprint density at radius 1 is 0.733 bits per heavy atom. The highest BCUT2D eigenvalue weighted by atomic mass is 16.3. The van der Waals surface area contributed by atoms with Gasteiger partial charge in [-0.3, -0.25) is 9.59 Å². The molecule has 0 spiro atoms. The fourth-order valence-electron chi connectivity index (χ4n) is 4.01. The van der Waals surface area contributed by atoms with Gasteiger partial charge in [-0.05, 0) is 70.4 Å². The van der Waals surface area contributed by atoms with E-state index in [-0.39, 0.29) is 51.1 Å². The van der Waals surface area contributed by atoms with E-state index in [2.05, 4.69) is 0 Å². The second-order valence-corrected chi connectivity index (χ2v) is 7.16. The topological polar surface area (TPSA) is 119 Å². The monoisotopic (exact) mass is 399 g/mol. The van der Waals surface area contributed by atoms with Gasteiger partial charge in [-0.25, -0.2) is 0 Å². The molecule has 0 bridgehead atoms. The molecule has 0 unspecified atom stereocenters. The van der Waals surface area contributed by atoms with E-state index in [1.807, 2.05) is 0 Å². The second kappa shape index (κ2) is 6.09. The van der Waals surface area contributed by atoms with Crippen LogP contribution in [0.5, 0.6) is 17.2 Å². The van der Waals surface area contributed by atoms with Gasteiger partial charge in [0.25, 0.3) is 0 Å². The van der Waals surface area contributed by atoms with Crippen molar-refractivity contribution in [3.8, 4) is 17.2 Å². The largest absolute Gasteiger partial charge is 0.508 e. The highest BCUT2D eigenvalue weighted by molar-refractivity contribution is 6.48. The van der Waals surface area contributed by atoms with E-state index in [9.17, 15) is 30.0 Å². The number of carbonyl (C=O) groups is 1. The molecule has 0 radical (unpaired) electrons. The highest BCUT2D eigenvalue weighted by Gasteiger charge is 2.46. The number of hydrogen-bond acceptors (Lipinski definition) is 5. The van der Waals surface area contributed by atoms with Crippen molar-refractivity contribution in [1.29, 1.82) is 0 Å². The summed E-state index contributed by atoms with van der Waals surface area (Å²) in [5, 5.41) is 41.8. The number of rotatable bonds is 1. The molecule has 0 saturated carbocycles. The maximum atomic E-state index is 12.6. The summed E-state index contributed by atoms with van der Waals surface area (Å²) in [7, 11) is 0. The van der Waals surface area contributed by atoms with E-state index >= 15 is 0 Å². The van der Waals surface area contributed by atoms with Crippen molar-refractivity contribution >= 4 is 39.6 Å². The SMILES string of the molecule is O=C1C=Cc2cc(O)ccc2/C1=C1/C(=[OH+])C(c2c(O)ccc3cc(O)ccc23)=C1O. The third-order valence-electron chi connectivity index (χ3n) is 5.39. The van der Waals surface area contributed by atoms with E-state index in [1.54, 1.807) is 24.3 Å². The van der Waals surface area contributed by atoms with E-state index < -0.39 is 5.78 Å². The van der Waals surface area contributed by atoms with Gasteiger partial charge < -0.3 is 20.4 Å². The predicted molar refractivity (Wildman–Crippen MR) is 113 cm³/mol. The Labute approximate surface area is 170 Å². The van der Waals surface area contributed by atoms with Gasteiger partial charge in [0.2, 0.25) is 0 Å². The third-order valence-corrected chi connectivity index (χ3v) is 5.39. The summed E-state index contributed by atoms with van der Waals surface area (Å²) >= 11 is 0. The zero-order valence-corrected chi connectivity index (χ0v) is 15.4. The van der Waals surface area contributed by atoms with Crippen LogP contribution < -0.4 is 0 Å². The fourth-order valence-corrected chi connectivity index (χ4v) is 4.01. The van der Waals surface area contributed by atoms with Gasteiger partial charge in [-0.1, -0.05) is 12.1 Å². The van der Waals surface area contributed by atoms with Crippen LogP contribution in [0.25, 0.3) is 28.0 Å². The van der Waals surface area contributed by atoms with E-state index in [4.69, 9.17) is 0 Å². The Hall–Kier alpha value is -4.32. The van der Waals surface area contributed by atoms with Crippen molar-refractivity contribution < 1.29 is 30.0 Å². The van der Waals surface area contributed by atoms with Crippen LogP contribution in [-0.4, -0.2) is 36.8 Å². The minimum absolute atomic E-state index is 0.0125. The smallest absolute Gasteiger partial charge is 0.363 e. The summed E-state index contributed by atoms with van der Waals surface area (Å²) < 4.78 is 0. The van der Waals surface area contributed by atoms with E-state index in [0.29, 0.717) is 21.9 Å². The average molecular weight is 399 g/mol. The summed E-state index contributed by atoms with van der Waals surface area (Å²) in [6.07, 6.45) is 2.86. The van der Waals surface area contributed by atoms with Gasteiger partial charge in [0, 0.05) is 5.56 Å². The first kappa shape index (κ1) is 17.8. The highest BCUT2D eigenvalue weighted by Crippen LogP contribution is 2.47. The molecule has 6 heteroatoms. The molecule has 30 heavy (non-hydrogen) atoms. The summed E-state index contributed by atoms with van der Waals surface area (Å²) in [4.78, 5) is 23.4. The molecule has 5 N–H and O–H groups in total. The number of phenolic OH excluding ortho intramolecular Hbond substituents is 3. The minimum atomic E-state index is -0.396. The number of phenols is 3. The van der Waals surface area contributed by atoms with Crippen molar-refractivity contribution in [3.05, 3.63) is 82.6 Å². The number of aliphatic hydroxyl groups excluding tert-OH is 1. The van der Waals surface area contributed by atoms with Gasteiger partial charge in [0.15, 0.2) is 11.5 Å². The van der Waals surface area contributed by atoms with Gasteiger partial charge in [0.05, 0.1) is 5.57 Å². The Kier molecular flexibility index (Phi) is 3.60. The number of carbonyl (C=O) groups excluding carboxylic acids is 2. The van der Waals surface area contributed by atoms with Crippen LogP contribution in [0.4, 0.5) is 0 Å². The molecule has 5 rings (SSSR count). The number of ketones is 2. The lowest BCUT2D eigenvalue weighted by atomic mass is 9.75. The molecule has 6 nitrogen and oxygen atoms in total. The first-order valence-electron chi connectivity index (χ1n) is 9.12. The van der Waals surface area contributed by atoms with Gasteiger partial charge >= 0.3 is 5.78 Å². The Bertz CT molecular complexity index is 1400. The van der Waals surface area contributed by atoms with Crippen molar-refractivity contribution in [2.24, 2.45) is 0 Å². The average Bonchev–Trinajstić information content (AvgIpc) is 2.72. The van der Waals surface area contributed by atoms with Crippen molar-refractivity contribution in [3.63, 3.8) is 0 Å².